The summed E-state index contributed by atoms with van der Waals surface area (Å²) in [5, 5.41) is 13.8. The minimum Gasteiger partial charge on any atom is -0.383 e. The number of methoxy groups -OCH3 is 1. The smallest absolute Gasteiger partial charge is 0.270 e. The lowest BCUT2D eigenvalue weighted by Gasteiger charge is -2.12. The molecule has 0 bridgehead atoms. The van der Waals surface area contributed by atoms with Gasteiger partial charge in [-0.15, -0.1) is 12.4 Å². The van der Waals surface area contributed by atoms with Crippen molar-refractivity contribution in [2.75, 3.05) is 33.4 Å². The van der Waals surface area contributed by atoms with Crippen LogP contribution in [0.25, 0.3) is 0 Å². The van der Waals surface area contributed by atoms with Gasteiger partial charge >= 0.3 is 0 Å². The summed E-state index contributed by atoms with van der Waals surface area (Å²) in [6.45, 7) is 4.97. The van der Waals surface area contributed by atoms with Crippen LogP contribution >= 0.6 is 12.4 Å². The van der Waals surface area contributed by atoms with Crippen LogP contribution < -0.4 is 10.0 Å². The van der Waals surface area contributed by atoms with Crippen molar-refractivity contribution in [2.24, 2.45) is 0 Å². The number of halogens is 1. The van der Waals surface area contributed by atoms with Crippen LogP contribution in [-0.2, 0) is 14.8 Å². The molecule has 0 heterocycles. The molecule has 0 fully saturated rings. The lowest BCUT2D eigenvalue weighted by atomic mass is 10.1. The molecule has 8 nitrogen and oxygen atoms in total. The van der Waals surface area contributed by atoms with Crippen molar-refractivity contribution in [3.8, 4) is 0 Å². The SMILES string of the molecule is COCCNCCNS(=O)(=O)c1c(C)cc([N+](=O)[O-])cc1C.Cl. The molecule has 0 saturated carbocycles. The second kappa shape index (κ2) is 9.78. The van der Waals surface area contributed by atoms with Crippen molar-refractivity contribution in [1.29, 1.82) is 0 Å². The Morgan fingerprint density at radius 1 is 1.17 bits per heavy atom. The summed E-state index contributed by atoms with van der Waals surface area (Å²) < 4.78 is 32.0. The van der Waals surface area contributed by atoms with E-state index >= 15 is 0 Å². The number of aryl methyl sites for hydroxylation is 2. The zero-order chi connectivity index (χ0) is 16.8. The van der Waals surface area contributed by atoms with Gasteiger partial charge in [-0.1, -0.05) is 0 Å². The highest BCUT2D eigenvalue weighted by Crippen LogP contribution is 2.25. The Morgan fingerprint density at radius 3 is 2.22 bits per heavy atom. The molecule has 132 valence electrons. The maximum absolute atomic E-state index is 12.3. The van der Waals surface area contributed by atoms with Gasteiger partial charge < -0.3 is 10.1 Å². The number of ether oxygens (including phenoxy) is 1. The van der Waals surface area contributed by atoms with Gasteiger partial charge in [-0.25, -0.2) is 13.1 Å². The summed E-state index contributed by atoms with van der Waals surface area (Å²) in [7, 11) is -2.11. The third-order valence-corrected chi connectivity index (χ3v) is 4.77. The second-order valence-electron chi connectivity index (χ2n) is 4.81. The van der Waals surface area contributed by atoms with Crippen LogP contribution in [0.2, 0.25) is 0 Å². The number of nitrogens with zero attached hydrogens (tertiary/aromatic N) is 1. The zero-order valence-electron chi connectivity index (χ0n) is 13.3. The third kappa shape index (κ3) is 6.40. The topological polar surface area (TPSA) is 111 Å². The molecule has 1 aromatic rings. The van der Waals surface area contributed by atoms with E-state index in [1.165, 1.54) is 12.1 Å². The van der Waals surface area contributed by atoms with Gasteiger partial charge in [0.25, 0.3) is 5.69 Å². The van der Waals surface area contributed by atoms with E-state index in [1.807, 2.05) is 0 Å². The van der Waals surface area contributed by atoms with Crippen LogP contribution in [0.15, 0.2) is 17.0 Å². The van der Waals surface area contributed by atoms with Crippen LogP contribution in [0.5, 0.6) is 0 Å². The lowest BCUT2D eigenvalue weighted by molar-refractivity contribution is -0.385. The van der Waals surface area contributed by atoms with E-state index in [0.717, 1.165) is 0 Å². The number of non-ortho nitro benzene ring substituents is 1. The van der Waals surface area contributed by atoms with Crippen LogP contribution in [0.1, 0.15) is 11.1 Å². The normalized spacial score (nSPS) is 11.1. The maximum atomic E-state index is 12.3. The molecule has 2 N–H and O–H groups in total. The molecule has 1 rings (SSSR count). The van der Waals surface area contributed by atoms with Gasteiger partial charge in [-0.3, -0.25) is 10.1 Å². The predicted octanol–water partition coefficient (Wildman–Crippen LogP) is 1.15. The van der Waals surface area contributed by atoms with Crippen molar-refractivity contribution in [2.45, 2.75) is 18.7 Å². The maximum Gasteiger partial charge on any atom is 0.270 e. The van der Waals surface area contributed by atoms with Crippen molar-refractivity contribution in [3.05, 3.63) is 33.4 Å². The number of nitrogens with one attached hydrogen (secondary N) is 2. The van der Waals surface area contributed by atoms with Gasteiger partial charge in [0.15, 0.2) is 0 Å². The summed E-state index contributed by atoms with van der Waals surface area (Å²) in [5.41, 5.74) is 0.591. The van der Waals surface area contributed by atoms with Crippen LogP contribution in [0.4, 0.5) is 5.69 Å². The molecule has 0 aromatic heterocycles. The number of nitro benzene ring substituents is 1. The number of sulfonamides is 1. The van der Waals surface area contributed by atoms with E-state index in [4.69, 9.17) is 4.74 Å². The molecule has 0 aliphatic rings. The van der Waals surface area contributed by atoms with Gasteiger partial charge in [0.2, 0.25) is 10.0 Å². The molecule has 0 aliphatic heterocycles. The summed E-state index contributed by atoms with van der Waals surface area (Å²) in [5.74, 6) is 0. The molecule has 0 amide bonds. The number of benzene rings is 1. The van der Waals surface area contributed by atoms with E-state index < -0.39 is 14.9 Å². The lowest BCUT2D eigenvalue weighted by Crippen LogP contribution is -2.33. The number of nitro groups is 1. The monoisotopic (exact) mass is 367 g/mol. The first-order chi connectivity index (χ1) is 10.3. The Balaban J connectivity index is 0.00000484. The Bertz CT molecular complexity index is 613. The summed E-state index contributed by atoms with van der Waals surface area (Å²) in [6.07, 6.45) is 0. The molecule has 0 atom stereocenters. The van der Waals surface area contributed by atoms with E-state index in [9.17, 15) is 18.5 Å². The van der Waals surface area contributed by atoms with Crippen molar-refractivity contribution < 1.29 is 18.1 Å². The second-order valence-corrected chi connectivity index (χ2v) is 6.51. The first kappa shape index (κ1) is 21.7. The van der Waals surface area contributed by atoms with Crippen molar-refractivity contribution >= 4 is 28.1 Å². The fraction of sp³-hybridized carbons (Fsp3) is 0.538. The third-order valence-electron chi connectivity index (χ3n) is 3.00. The van der Waals surface area contributed by atoms with E-state index in [2.05, 4.69) is 10.0 Å². The van der Waals surface area contributed by atoms with Crippen LogP contribution in [0.3, 0.4) is 0 Å². The van der Waals surface area contributed by atoms with E-state index in [0.29, 0.717) is 30.8 Å². The highest BCUT2D eigenvalue weighted by Gasteiger charge is 2.22. The van der Waals surface area contributed by atoms with Crippen LogP contribution in [-0.4, -0.2) is 46.7 Å². The number of hydrogen-bond acceptors (Lipinski definition) is 6. The summed E-state index contributed by atoms with van der Waals surface area (Å²) in [6, 6.07) is 2.52. The molecule has 23 heavy (non-hydrogen) atoms. The highest BCUT2D eigenvalue weighted by atomic mass is 35.5. The quantitative estimate of drug-likeness (QED) is 0.385. The van der Waals surface area contributed by atoms with Crippen molar-refractivity contribution in [3.63, 3.8) is 0 Å². The molecular formula is C13H22ClN3O5S. The van der Waals surface area contributed by atoms with E-state index in [-0.39, 0.29) is 29.5 Å². The van der Waals surface area contributed by atoms with Gasteiger partial charge in [-0.2, -0.15) is 0 Å². The molecule has 0 spiro atoms. The summed E-state index contributed by atoms with van der Waals surface area (Å²) >= 11 is 0. The fourth-order valence-electron chi connectivity index (χ4n) is 2.10. The van der Waals surface area contributed by atoms with Gasteiger partial charge in [0.05, 0.1) is 16.4 Å². The molecule has 0 radical (unpaired) electrons. The van der Waals surface area contributed by atoms with Gasteiger partial charge in [0.1, 0.15) is 0 Å². The Kier molecular flexibility index (Phi) is 9.25. The zero-order valence-corrected chi connectivity index (χ0v) is 14.9. The minimum atomic E-state index is -3.70. The average molecular weight is 368 g/mol. The van der Waals surface area contributed by atoms with Gasteiger partial charge in [0, 0.05) is 38.9 Å². The Labute approximate surface area is 142 Å². The number of hydrogen-bond donors (Lipinski definition) is 2. The van der Waals surface area contributed by atoms with E-state index in [1.54, 1.807) is 21.0 Å². The van der Waals surface area contributed by atoms with Crippen LogP contribution in [0, 0.1) is 24.0 Å². The van der Waals surface area contributed by atoms with Crippen molar-refractivity contribution in [1.82, 2.24) is 10.0 Å². The molecule has 0 aliphatic carbocycles. The standard InChI is InChI=1S/C13H21N3O5S.ClH/c1-10-8-12(16(17)18)9-11(2)13(10)22(19,20)15-5-4-14-6-7-21-3;/h8-9,14-15H,4-7H2,1-3H3;1H. The molecular weight excluding hydrogens is 346 g/mol. The molecule has 10 heteroatoms. The first-order valence-corrected chi connectivity index (χ1v) is 8.23. The Morgan fingerprint density at radius 2 is 1.74 bits per heavy atom. The first-order valence-electron chi connectivity index (χ1n) is 6.74. The fourth-order valence-corrected chi connectivity index (χ4v) is 3.58. The Hall–Kier alpha value is -1.26. The minimum absolute atomic E-state index is 0. The number of rotatable bonds is 9. The largest absolute Gasteiger partial charge is 0.383 e. The average Bonchev–Trinajstić information content (AvgIpc) is 2.41. The van der Waals surface area contributed by atoms with Gasteiger partial charge in [-0.05, 0) is 25.0 Å². The summed E-state index contributed by atoms with van der Waals surface area (Å²) in [4.78, 5) is 10.3. The predicted molar refractivity (Wildman–Crippen MR) is 89.8 cm³/mol. The highest BCUT2D eigenvalue weighted by molar-refractivity contribution is 7.89. The molecule has 0 unspecified atom stereocenters. The molecule has 0 saturated heterocycles. The molecule has 1 aromatic carbocycles.